The molecule has 11 heteroatoms. The van der Waals surface area contributed by atoms with Crippen LogP contribution >= 0.6 is 0 Å². The second-order valence-electron chi connectivity index (χ2n) is 12.1. The Labute approximate surface area is 232 Å². The van der Waals surface area contributed by atoms with Crippen LogP contribution in [0.1, 0.15) is 80.6 Å². The molecule has 0 spiro atoms. The van der Waals surface area contributed by atoms with Crippen LogP contribution < -0.4 is 16.0 Å². The Morgan fingerprint density at radius 1 is 0.949 bits per heavy atom. The molecule has 0 aromatic rings. The summed E-state index contributed by atoms with van der Waals surface area (Å²) in [5, 5.41) is 8.18. The molecule has 0 radical (unpaired) electrons. The first kappa shape index (κ1) is 32.4. The van der Waals surface area contributed by atoms with Crippen LogP contribution in [-0.2, 0) is 28.7 Å². The smallest absolute Gasteiger partial charge is 0.407 e. The van der Waals surface area contributed by atoms with Gasteiger partial charge < -0.3 is 30.3 Å². The van der Waals surface area contributed by atoms with Crippen molar-refractivity contribution in [2.75, 3.05) is 20.3 Å². The molecule has 1 aliphatic carbocycles. The summed E-state index contributed by atoms with van der Waals surface area (Å²) in [6, 6.07) is -3.47. The van der Waals surface area contributed by atoms with Gasteiger partial charge in [-0.3, -0.25) is 14.4 Å². The summed E-state index contributed by atoms with van der Waals surface area (Å²) in [6.45, 7) is 13.3. The van der Waals surface area contributed by atoms with Gasteiger partial charge in [0, 0.05) is 6.54 Å². The van der Waals surface area contributed by atoms with E-state index in [-0.39, 0.29) is 30.3 Å². The van der Waals surface area contributed by atoms with Gasteiger partial charge in [-0.25, -0.2) is 9.59 Å². The van der Waals surface area contributed by atoms with Crippen LogP contribution in [0.2, 0.25) is 0 Å². The molecule has 2 rings (SSSR count). The maximum atomic E-state index is 14.0. The molecule has 0 aromatic carbocycles. The molecule has 1 saturated heterocycles. The van der Waals surface area contributed by atoms with E-state index in [4.69, 9.17) is 4.74 Å². The minimum absolute atomic E-state index is 0.0812. The quantitative estimate of drug-likeness (QED) is 0.373. The molecular formula is C28H48N4O7. The molecule has 2 aliphatic rings. The molecule has 222 valence electrons. The third-order valence-corrected chi connectivity index (χ3v) is 8.04. The van der Waals surface area contributed by atoms with Crippen LogP contribution in [-0.4, -0.2) is 79.1 Å². The molecule has 6 atom stereocenters. The van der Waals surface area contributed by atoms with Crippen LogP contribution in [0.5, 0.6) is 0 Å². The summed E-state index contributed by atoms with van der Waals surface area (Å²) in [7, 11) is 1.20. The van der Waals surface area contributed by atoms with Crippen molar-refractivity contribution in [1.29, 1.82) is 0 Å². The minimum Gasteiger partial charge on any atom is -0.464 e. The van der Waals surface area contributed by atoms with E-state index in [1.165, 1.54) is 14.0 Å². The third kappa shape index (κ3) is 8.32. The van der Waals surface area contributed by atoms with Gasteiger partial charge in [-0.1, -0.05) is 53.9 Å². The number of carbonyl (C=O) groups is 5. The molecule has 11 nitrogen and oxygen atoms in total. The molecular weight excluding hydrogens is 504 g/mol. The highest BCUT2D eigenvalue weighted by molar-refractivity contribution is 5.95. The van der Waals surface area contributed by atoms with Gasteiger partial charge in [-0.05, 0) is 49.9 Å². The molecule has 1 saturated carbocycles. The standard InChI is InChI=1S/C28H48N4O7/c1-9-39-26(36)21-17(3)16(2)15-32(21)25(35)22(28(5,6)7)31-24(34)20(19-13-11-10-12-14-19)30-23(33)18(4)29-27(37)38-8/h16-22H,9-15H2,1-8H3,(H,29,37)(H,30,33)(H,31,34)/t16-,17-,18+,20-,21?,22+/m0/s1. The monoisotopic (exact) mass is 552 g/mol. The van der Waals surface area contributed by atoms with Crippen molar-refractivity contribution in [3.05, 3.63) is 0 Å². The minimum atomic E-state index is -0.937. The number of esters is 1. The Kier molecular flexibility index (Phi) is 11.6. The maximum Gasteiger partial charge on any atom is 0.407 e. The van der Waals surface area contributed by atoms with Crippen LogP contribution in [0.4, 0.5) is 4.79 Å². The van der Waals surface area contributed by atoms with Gasteiger partial charge >= 0.3 is 12.1 Å². The van der Waals surface area contributed by atoms with E-state index in [9.17, 15) is 24.0 Å². The van der Waals surface area contributed by atoms with Crippen LogP contribution in [0.25, 0.3) is 0 Å². The molecule has 0 bridgehead atoms. The number of alkyl carbamates (subject to hydrolysis) is 1. The lowest BCUT2D eigenvalue weighted by atomic mass is 9.82. The zero-order valence-electron chi connectivity index (χ0n) is 24.8. The van der Waals surface area contributed by atoms with Crippen LogP contribution in [0.15, 0.2) is 0 Å². The second-order valence-corrected chi connectivity index (χ2v) is 12.1. The van der Waals surface area contributed by atoms with E-state index in [1.54, 1.807) is 11.8 Å². The summed E-state index contributed by atoms with van der Waals surface area (Å²) in [6.07, 6.45) is 3.71. The normalized spacial score (nSPS) is 24.2. The predicted octanol–water partition coefficient (Wildman–Crippen LogP) is 2.37. The Morgan fingerprint density at radius 3 is 2.10 bits per heavy atom. The summed E-state index contributed by atoms with van der Waals surface area (Å²) in [5.74, 6) is -1.89. The lowest BCUT2D eigenvalue weighted by molar-refractivity contribution is -0.156. The van der Waals surface area contributed by atoms with Crippen molar-refractivity contribution in [3.63, 3.8) is 0 Å². The first-order valence-electron chi connectivity index (χ1n) is 14.1. The van der Waals surface area contributed by atoms with Gasteiger partial charge in [-0.2, -0.15) is 0 Å². The molecule has 1 aliphatic heterocycles. The number of methoxy groups -OCH3 is 1. The van der Waals surface area contributed by atoms with Gasteiger partial charge in [-0.15, -0.1) is 0 Å². The van der Waals surface area contributed by atoms with Gasteiger partial charge in [0.2, 0.25) is 17.7 Å². The number of nitrogens with zero attached hydrogens (tertiary/aromatic N) is 1. The zero-order chi connectivity index (χ0) is 29.5. The number of hydrogen-bond acceptors (Lipinski definition) is 7. The zero-order valence-corrected chi connectivity index (χ0v) is 24.8. The number of amides is 4. The summed E-state index contributed by atoms with van der Waals surface area (Å²) >= 11 is 0. The number of rotatable bonds is 9. The number of hydrogen-bond donors (Lipinski definition) is 3. The van der Waals surface area contributed by atoms with E-state index < -0.39 is 53.5 Å². The van der Waals surface area contributed by atoms with Gasteiger partial charge in [0.05, 0.1) is 13.7 Å². The van der Waals surface area contributed by atoms with Crippen molar-refractivity contribution in [2.24, 2.45) is 23.2 Å². The fraction of sp³-hybridized carbons (Fsp3) is 0.821. The Morgan fingerprint density at radius 2 is 1.56 bits per heavy atom. The van der Waals surface area contributed by atoms with Crippen molar-refractivity contribution in [3.8, 4) is 0 Å². The fourth-order valence-electron chi connectivity index (χ4n) is 5.47. The SMILES string of the molecule is CCOC(=O)C1[C@@H](C)[C@@H](C)CN1C(=O)[C@@H](NC(=O)[C@@H](NC(=O)[C@@H](C)NC(=O)OC)C1CCCCC1)C(C)(C)C. The summed E-state index contributed by atoms with van der Waals surface area (Å²) in [4.78, 5) is 66.7. The third-order valence-electron chi connectivity index (χ3n) is 8.04. The molecule has 39 heavy (non-hydrogen) atoms. The molecule has 0 aromatic heterocycles. The second kappa shape index (κ2) is 14.0. The lowest BCUT2D eigenvalue weighted by Gasteiger charge is -2.37. The molecule has 1 unspecified atom stereocenters. The summed E-state index contributed by atoms with van der Waals surface area (Å²) in [5.41, 5.74) is -0.679. The Hall–Kier alpha value is -2.85. The molecule has 3 N–H and O–H groups in total. The van der Waals surface area contributed by atoms with Crippen molar-refractivity contribution in [2.45, 2.75) is 105 Å². The average Bonchev–Trinajstić information content (AvgIpc) is 3.18. The van der Waals surface area contributed by atoms with E-state index >= 15 is 0 Å². The highest BCUT2D eigenvalue weighted by Crippen LogP contribution is 2.33. The first-order chi connectivity index (χ1) is 18.2. The van der Waals surface area contributed by atoms with Gasteiger partial charge in [0.15, 0.2) is 0 Å². The number of carbonyl (C=O) groups excluding carboxylic acids is 5. The van der Waals surface area contributed by atoms with E-state index in [0.717, 1.165) is 32.1 Å². The highest BCUT2D eigenvalue weighted by Gasteiger charge is 2.48. The largest absolute Gasteiger partial charge is 0.464 e. The predicted molar refractivity (Wildman–Crippen MR) is 145 cm³/mol. The molecule has 1 heterocycles. The first-order valence-corrected chi connectivity index (χ1v) is 14.1. The maximum absolute atomic E-state index is 14.0. The average molecular weight is 553 g/mol. The van der Waals surface area contributed by atoms with Crippen LogP contribution in [0, 0.1) is 23.2 Å². The Balaban J connectivity index is 2.31. The number of nitrogens with one attached hydrogen (secondary N) is 3. The van der Waals surface area contributed by atoms with Gasteiger partial charge in [0.1, 0.15) is 24.2 Å². The number of ether oxygens (including phenoxy) is 2. The van der Waals surface area contributed by atoms with Crippen molar-refractivity contribution >= 4 is 29.8 Å². The van der Waals surface area contributed by atoms with Gasteiger partial charge in [0.25, 0.3) is 0 Å². The van der Waals surface area contributed by atoms with Crippen molar-refractivity contribution in [1.82, 2.24) is 20.9 Å². The van der Waals surface area contributed by atoms with E-state index in [2.05, 4.69) is 20.7 Å². The van der Waals surface area contributed by atoms with Crippen LogP contribution in [0.3, 0.4) is 0 Å². The van der Waals surface area contributed by atoms with Crippen molar-refractivity contribution < 1.29 is 33.4 Å². The fourth-order valence-corrected chi connectivity index (χ4v) is 5.47. The van der Waals surface area contributed by atoms with E-state index in [1.807, 2.05) is 34.6 Å². The van der Waals surface area contributed by atoms with E-state index in [0.29, 0.717) is 6.54 Å². The highest BCUT2D eigenvalue weighted by atomic mass is 16.5. The Bertz CT molecular complexity index is 897. The lowest BCUT2D eigenvalue weighted by Crippen LogP contribution is -2.62. The topological polar surface area (TPSA) is 143 Å². The number of likely N-dealkylation sites (tertiary alicyclic amines) is 1. The summed E-state index contributed by atoms with van der Waals surface area (Å²) < 4.78 is 9.86. The molecule has 2 fully saturated rings. The molecule has 4 amide bonds.